The van der Waals surface area contributed by atoms with Gasteiger partial charge < -0.3 is 8.85 Å². The molecule has 0 bridgehead atoms. The van der Waals surface area contributed by atoms with Gasteiger partial charge in [-0.1, -0.05) is 44.9 Å². The molecule has 130 valence electrons. The lowest BCUT2D eigenvalue weighted by atomic mass is 9.79. The van der Waals surface area contributed by atoms with Crippen LogP contribution in [0.3, 0.4) is 0 Å². The van der Waals surface area contributed by atoms with Gasteiger partial charge in [0.1, 0.15) is 0 Å². The van der Waals surface area contributed by atoms with E-state index < -0.39 is 8.56 Å². The Kier molecular flexibility index (Phi) is 6.97. The summed E-state index contributed by atoms with van der Waals surface area (Å²) in [5.74, 6) is 0.722. The van der Waals surface area contributed by atoms with Crippen LogP contribution in [0.2, 0.25) is 12.1 Å². The smallest absolute Gasteiger partial charge is 0.338 e. The summed E-state index contributed by atoms with van der Waals surface area (Å²) < 4.78 is 13.3. The third-order valence-corrected chi connectivity index (χ3v) is 9.94. The van der Waals surface area contributed by atoms with Crippen LogP contribution in [-0.2, 0) is 8.85 Å². The van der Waals surface area contributed by atoms with Crippen molar-refractivity contribution < 1.29 is 8.85 Å². The third-order valence-electron chi connectivity index (χ3n) is 6.08. The molecule has 2 aliphatic carbocycles. The molecule has 0 aliphatic heterocycles. The summed E-state index contributed by atoms with van der Waals surface area (Å²) >= 11 is 0. The molecule has 2 nitrogen and oxygen atoms in total. The van der Waals surface area contributed by atoms with Crippen LogP contribution in [0.4, 0.5) is 0 Å². The quantitative estimate of drug-likeness (QED) is 0.427. The topological polar surface area (TPSA) is 18.5 Å². The summed E-state index contributed by atoms with van der Waals surface area (Å²) in [4.78, 5) is 0. The zero-order chi connectivity index (χ0) is 16.1. The van der Waals surface area contributed by atoms with Crippen LogP contribution in [0, 0.1) is 5.92 Å². The zero-order valence-corrected chi connectivity index (χ0v) is 16.5. The molecule has 0 spiro atoms. The Hall–Kier alpha value is 0.137. The van der Waals surface area contributed by atoms with Gasteiger partial charge in [0.2, 0.25) is 0 Å². The monoisotopic (exact) mass is 326 g/mol. The van der Waals surface area contributed by atoms with Gasteiger partial charge in [0.05, 0.1) is 5.60 Å². The van der Waals surface area contributed by atoms with E-state index >= 15 is 0 Å². The van der Waals surface area contributed by atoms with E-state index in [-0.39, 0.29) is 5.60 Å². The summed E-state index contributed by atoms with van der Waals surface area (Å²) in [6.45, 7) is 9.98. The van der Waals surface area contributed by atoms with Crippen molar-refractivity contribution in [3.8, 4) is 0 Å². The Morgan fingerprint density at radius 1 is 0.864 bits per heavy atom. The van der Waals surface area contributed by atoms with Gasteiger partial charge in [0.25, 0.3) is 0 Å². The zero-order valence-electron chi connectivity index (χ0n) is 15.5. The Labute approximate surface area is 139 Å². The summed E-state index contributed by atoms with van der Waals surface area (Å²) in [5.41, 5.74) is 0.681. The normalized spacial score (nSPS) is 25.6. The first-order valence-corrected chi connectivity index (χ1v) is 12.2. The molecule has 0 heterocycles. The van der Waals surface area contributed by atoms with E-state index in [1.807, 2.05) is 0 Å². The molecule has 0 aromatic carbocycles. The number of hydrogen-bond donors (Lipinski definition) is 0. The van der Waals surface area contributed by atoms with Crippen molar-refractivity contribution in [1.29, 1.82) is 0 Å². The first-order chi connectivity index (χ1) is 10.5. The van der Waals surface area contributed by atoms with E-state index in [1.165, 1.54) is 70.6 Å². The minimum atomic E-state index is -2.10. The molecule has 0 radical (unpaired) electrons. The van der Waals surface area contributed by atoms with Crippen molar-refractivity contribution in [3.05, 3.63) is 0 Å². The molecule has 2 fully saturated rings. The van der Waals surface area contributed by atoms with Crippen molar-refractivity contribution in [2.24, 2.45) is 5.92 Å². The second kappa shape index (κ2) is 8.30. The fourth-order valence-electron chi connectivity index (χ4n) is 4.72. The largest absolute Gasteiger partial charge is 0.394 e. The summed E-state index contributed by atoms with van der Waals surface area (Å²) in [7, 11) is -2.10. The predicted octanol–water partition coefficient (Wildman–Crippen LogP) is 6.19. The Bertz CT molecular complexity index is 317. The highest BCUT2D eigenvalue weighted by molar-refractivity contribution is 6.67. The summed E-state index contributed by atoms with van der Waals surface area (Å²) in [5, 5.41) is 0. The fourth-order valence-corrected chi connectivity index (χ4v) is 8.43. The van der Waals surface area contributed by atoms with Gasteiger partial charge in [-0.25, -0.2) is 0 Å². The van der Waals surface area contributed by atoms with Crippen LogP contribution < -0.4 is 0 Å². The molecule has 0 saturated heterocycles. The highest BCUT2D eigenvalue weighted by Gasteiger charge is 2.46. The molecule has 0 aromatic rings. The second-order valence-electron chi connectivity index (χ2n) is 8.18. The van der Waals surface area contributed by atoms with Gasteiger partial charge in [-0.15, -0.1) is 0 Å². The molecule has 0 aromatic heterocycles. The van der Waals surface area contributed by atoms with E-state index in [1.54, 1.807) is 0 Å². The maximum absolute atomic E-state index is 6.92. The van der Waals surface area contributed by atoms with Gasteiger partial charge in [0, 0.05) is 12.1 Å². The van der Waals surface area contributed by atoms with Crippen LogP contribution >= 0.6 is 0 Å². The summed E-state index contributed by atoms with van der Waals surface area (Å²) in [6, 6.07) is 0. The van der Waals surface area contributed by atoms with E-state index in [0.29, 0.717) is 5.54 Å². The molecule has 1 unspecified atom stereocenters. The summed E-state index contributed by atoms with van der Waals surface area (Å²) in [6.07, 6.45) is 15.0. The lowest BCUT2D eigenvalue weighted by Gasteiger charge is -2.45. The maximum atomic E-state index is 6.92. The molecule has 3 heteroatoms. The fraction of sp³-hybridized carbons (Fsp3) is 1.00. The van der Waals surface area contributed by atoms with Crippen LogP contribution in [0.15, 0.2) is 0 Å². The Morgan fingerprint density at radius 2 is 1.36 bits per heavy atom. The number of rotatable bonds is 6. The second-order valence-corrected chi connectivity index (χ2v) is 11.5. The highest BCUT2D eigenvalue weighted by Crippen LogP contribution is 2.43. The molecular weight excluding hydrogens is 288 g/mol. The van der Waals surface area contributed by atoms with Crippen LogP contribution in [0.25, 0.3) is 0 Å². The lowest BCUT2D eigenvalue weighted by Crippen LogP contribution is -2.52. The van der Waals surface area contributed by atoms with Gasteiger partial charge in [-0.05, 0) is 58.9 Å². The van der Waals surface area contributed by atoms with Crippen molar-refractivity contribution >= 4 is 8.56 Å². The van der Waals surface area contributed by atoms with Gasteiger partial charge in [0.15, 0.2) is 0 Å². The van der Waals surface area contributed by atoms with E-state index in [4.69, 9.17) is 8.85 Å². The van der Waals surface area contributed by atoms with Gasteiger partial charge in [-0.3, -0.25) is 0 Å². The van der Waals surface area contributed by atoms with Crippen LogP contribution in [0.5, 0.6) is 0 Å². The van der Waals surface area contributed by atoms with Gasteiger partial charge >= 0.3 is 8.56 Å². The minimum absolute atomic E-state index is 0.0110. The minimum Gasteiger partial charge on any atom is -0.394 e. The third kappa shape index (κ3) is 4.81. The average molecular weight is 327 g/mol. The van der Waals surface area contributed by atoms with Crippen molar-refractivity contribution in [3.63, 3.8) is 0 Å². The van der Waals surface area contributed by atoms with E-state index in [2.05, 4.69) is 27.3 Å². The molecular formula is C19H38O2Si. The lowest BCUT2D eigenvalue weighted by molar-refractivity contribution is -0.0139. The highest BCUT2D eigenvalue weighted by atomic mass is 28.4. The van der Waals surface area contributed by atoms with E-state index in [9.17, 15) is 0 Å². The van der Waals surface area contributed by atoms with Crippen LogP contribution in [0.1, 0.15) is 91.4 Å². The molecule has 2 saturated carbocycles. The molecule has 0 amide bonds. The maximum Gasteiger partial charge on any atom is 0.338 e. The Morgan fingerprint density at radius 3 is 1.91 bits per heavy atom. The standard InChI is InChI=1S/C19H38O2Si/c1-5-20-22(4,18-15-11-6-7-12-16-18)21-19(2,3)17-13-9-8-10-14-17/h17-18H,5-16H2,1-4H3. The first kappa shape index (κ1) is 18.5. The Balaban J connectivity index is 2.07. The molecule has 2 rings (SSSR count). The number of hydrogen-bond acceptors (Lipinski definition) is 2. The van der Waals surface area contributed by atoms with Gasteiger partial charge in [-0.2, -0.15) is 0 Å². The van der Waals surface area contributed by atoms with Crippen LogP contribution in [-0.4, -0.2) is 20.8 Å². The molecule has 22 heavy (non-hydrogen) atoms. The first-order valence-electron chi connectivity index (χ1n) is 9.82. The average Bonchev–Trinajstić information content (AvgIpc) is 2.77. The molecule has 1 atom stereocenters. The SMILES string of the molecule is CCO[Si](C)(OC(C)(C)C1CCCCC1)C1CCCCCC1. The van der Waals surface area contributed by atoms with Crippen molar-refractivity contribution in [1.82, 2.24) is 0 Å². The predicted molar refractivity (Wildman–Crippen MR) is 96.4 cm³/mol. The van der Waals surface area contributed by atoms with E-state index in [0.717, 1.165) is 12.5 Å². The molecule has 0 N–H and O–H groups in total. The van der Waals surface area contributed by atoms with Crippen molar-refractivity contribution in [2.75, 3.05) is 6.61 Å². The molecule has 2 aliphatic rings. The van der Waals surface area contributed by atoms with Crippen molar-refractivity contribution in [2.45, 2.75) is 109 Å².